The number of nitrogens with one attached hydrogen (secondary N) is 1. The zero-order valence-corrected chi connectivity index (χ0v) is 13.2. The third-order valence-electron chi connectivity index (χ3n) is 3.51. The molecule has 2 rings (SSSR count). The van der Waals surface area contributed by atoms with Gasteiger partial charge in [0.15, 0.2) is 0 Å². The first-order valence-electron chi connectivity index (χ1n) is 7.23. The van der Waals surface area contributed by atoms with Gasteiger partial charge in [0, 0.05) is 24.3 Å². The van der Waals surface area contributed by atoms with Crippen LogP contribution in [0.5, 0.6) is 0 Å². The molecule has 0 amide bonds. The number of benzene rings is 1. The van der Waals surface area contributed by atoms with E-state index in [-0.39, 0.29) is 5.82 Å². The second kappa shape index (κ2) is 7.57. The molecule has 0 radical (unpaired) electrons. The van der Waals surface area contributed by atoms with Crippen LogP contribution in [-0.4, -0.2) is 22.4 Å². The van der Waals surface area contributed by atoms with Crippen LogP contribution in [0.2, 0.25) is 5.02 Å². The van der Waals surface area contributed by atoms with Crippen LogP contribution in [0.1, 0.15) is 24.5 Å². The predicted molar refractivity (Wildman–Crippen MR) is 84.1 cm³/mol. The van der Waals surface area contributed by atoms with Crippen molar-refractivity contribution in [1.29, 1.82) is 0 Å². The fourth-order valence-electron chi connectivity index (χ4n) is 2.46. The van der Waals surface area contributed by atoms with Crippen molar-refractivity contribution in [3.05, 3.63) is 52.6 Å². The Morgan fingerprint density at radius 3 is 2.86 bits per heavy atom. The Morgan fingerprint density at radius 2 is 2.24 bits per heavy atom. The summed E-state index contributed by atoms with van der Waals surface area (Å²) in [7, 11) is 1.92. The Morgan fingerprint density at radius 1 is 1.43 bits per heavy atom. The van der Waals surface area contributed by atoms with E-state index >= 15 is 0 Å². The van der Waals surface area contributed by atoms with Crippen molar-refractivity contribution in [3.8, 4) is 0 Å². The highest BCUT2D eigenvalue weighted by molar-refractivity contribution is 6.31. The van der Waals surface area contributed by atoms with Crippen LogP contribution in [-0.2, 0) is 19.9 Å². The zero-order valence-electron chi connectivity index (χ0n) is 12.4. The molecule has 0 saturated carbocycles. The minimum Gasteiger partial charge on any atom is -0.314 e. The van der Waals surface area contributed by atoms with Gasteiger partial charge >= 0.3 is 0 Å². The Labute approximate surface area is 130 Å². The van der Waals surface area contributed by atoms with Gasteiger partial charge in [0.1, 0.15) is 5.82 Å². The van der Waals surface area contributed by atoms with E-state index in [2.05, 4.69) is 17.3 Å². The van der Waals surface area contributed by atoms with Crippen molar-refractivity contribution in [2.75, 3.05) is 6.54 Å². The van der Waals surface area contributed by atoms with Crippen LogP contribution in [0.4, 0.5) is 4.39 Å². The smallest absolute Gasteiger partial charge is 0.124 e. The van der Waals surface area contributed by atoms with Gasteiger partial charge in [0.25, 0.3) is 0 Å². The summed E-state index contributed by atoms with van der Waals surface area (Å²) in [5.41, 5.74) is 2.21. The van der Waals surface area contributed by atoms with Crippen LogP contribution >= 0.6 is 11.6 Å². The number of aromatic nitrogens is 2. The molecule has 1 N–H and O–H groups in total. The normalized spacial score (nSPS) is 12.6. The van der Waals surface area contributed by atoms with Crippen molar-refractivity contribution < 1.29 is 4.39 Å². The Hall–Kier alpha value is -1.39. The van der Waals surface area contributed by atoms with Crippen molar-refractivity contribution in [2.24, 2.45) is 7.05 Å². The molecular formula is C16H21ClFN3. The Bertz CT molecular complexity index is 583. The summed E-state index contributed by atoms with van der Waals surface area (Å²) in [6.07, 6.45) is 6.69. The minimum atomic E-state index is -0.292. The van der Waals surface area contributed by atoms with Gasteiger partial charge in [0.05, 0.1) is 6.20 Å². The molecule has 1 unspecified atom stereocenters. The van der Waals surface area contributed by atoms with Gasteiger partial charge in [-0.3, -0.25) is 4.68 Å². The lowest BCUT2D eigenvalue weighted by atomic mass is 10.00. The summed E-state index contributed by atoms with van der Waals surface area (Å²) in [6.45, 7) is 2.99. The van der Waals surface area contributed by atoms with E-state index in [0.717, 1.165) is 31.4 Å². The van der Waals surface area contributed by atoms with E-state index in [0.29, 0.717) is 11.1 Å². The van der Waals surface area contributed by atoms with Gasteiger partial charge in [-0.25, -0.2) is 4.39 Å². The molecule has 21 heavy (non-hydrogen) atoms. The molecule has 1 heterocycles. The van der Waals surface area contributed by atoms with E-state index in [1.54, 1.807) is 6.07 Å². The lowest BCUT2D eigenvalue weighted by Gasteiger charge is -2.18. The lowest BCUT2D eigenvalue weighted by Crippen LogP contribution is -2.31. The molecule has 0 aliphatic rings. The molecule has 0 aliphatic carbocycles. The fourth-order valence-corrected chi connectivity index (χ4v) is 2.70. The molecule has 1 aromatic heterocycles. The molecule has 2 aromatic rings. The number of rotatable bonds is 7. The molecule has 0 saturated heterocycles. The second-order valence-corrected chi connectivity index (χ2v) is 5.66. The summed E-state index contributed by atoms with van der Waals surface area (Å²) in [5.74, 6) is -0.292. The van der Waals surface area contributed by atoms with Crippen LogP contribution in [0.25, 0.3) is 0 Å². The van der Waals surface area contributed by atoms with Crippen LogP contribution < -0.4 is 5.32 Å². The maximum absolute atomic E-state index is 13.1. The molecule has 1 aromatic carbocycles. The molecule has 0 spiro atoms. The van der Waals surface area contributed by atoms with Crippen molar-refractivity contribution in [2.45, 2.75) is 32.2 Å². The fraction of sp³-hybridized carbons (Fsp3) is 0.438. The summed E-state index contributed by atoms with van der Waals surface area (Å²) in [4.78, 5) is 0. The number of nitrogens with zero attached hydrogens (tertiary/aromatic N) is 2. The van der Waals surface area contributed by atoms with Crippen molar-refractivity contribution >= 4 is 11.6 Å². The molecule has 3 nitrogen and oxygen atoms in total. The van der Waals surface area contributed by atoms with Crippen LogP contribution in [0.3, 0.4) is 0 Å². The Balaban J connectivity index is 1.97. The van der Waals surface area contributed by atoms with Crippen molar-refractivity contribution in [3.63, 3.8) is 0 Å². The molecule has 0 fully saturated rings. The van der Waals surface area contributed by atoms with E-state index in [4.69, 9.17) is 11.6 Å². The first-order valence-corrected chi connectivity index (χ1v) is 7.61. The number of hydrogen-bond acceptors (Lipinski definition) is 2. The third-order valence-corrected chi connectivity index (χ3v) is 3.87. The van der Waals surface area contributed by atoms with Gasteiger partial charge < -0.3 is 5.32 Å². The SMILES string of the molecule is CCNC(CCc1cnn(C)c1)Cc1ccc(F)cc1Cl. The second-order valence-electron chi connectivity index (χ2n) is 5.26. The first kappa shape index (κ1) is 16.0. The monoisotopic (exact) mass is 309 g/mol. The molecule has 5 heteroatoms. The van der Waals surface area contributed by atoms with E-state index in [9.17, 15) is 4.39 Å². The van der Waals surface area contributed by atoms with Crippen LogP contribution in [0, 0.1) is 5.82 Å². The average molecular weight is 310 g/mol. The van der Waals surface area contributed by atoms with Gasteiger partial charge in [-0.05, 0) is 49.1 Å². The number of likely N-dealkylation sites (N-methyl/N-ethyl adjacent to an activating group) is 1. The quantitative estimate of drug-likeness (QED) is 0.850. The summed E-state index contributed by atoms with van der Waals surface area (Å²) < 4.78 is 14.9. The van der Waals surface area contributed by atoms with Gasteiger partial charge in [-0.1, -0.05) is 24.6 Å². The topological polar surface area (TPSA) is 29.9 Å². The third kappa shape index (κ3) is 4.83. The Kier molecular flexibility index (Phi) is 5.76. The van der Waals surface area contributed by atoms with Gasteiger partial charge in [-0.2, -0.15) is 5.10 Å². The molecule has 114 valence electrons. The maximum Gasteiger partial charge on any atom is 0.124 e. The first-order chi connectivity index (χ1) is 10.1. The summed E-state index contributed by atoms with van der Waals surface area (Å²) >= 11 is 6.11. The summed E-state index contributed by atoms with van der Waals surface area (Å²) in [5, 5.41) is 8.15. The standard InChI is InChI=1S/C16H21ClFN3/c1-3-19-15(7-4-12-10-20-21(2)11-12)8-13-5-6-14(18)9-16(13)17/h5-6,9-11,15,19H,3-4,7-8H2,1-2H3. The van der Waals surface area contributed by atoms with Gasteiger partial charge in [-0.15, -0.1) is 0 Å². The van der Waals surface area contributed by atoms with E-state index in [1.165, 1.54) is 17.7 Å². The molecule has 1 atom stereocenters. The largest absolute Gasteiger partial charge is 0.314 e. The van der Waals surface area contributed by atoms with Crippen LogP contribution in [0.15, 0.2) is 30.6 Å². The van der Waals surface area contributed by atoms with Crippen molar-refractivity contribution in [1.82, 2.24) is 15.1 Å². The summed E-state index contributed by atoms with van der Waals surface area (Å²) in [6, 6.07) is 4.93. The highest BCUT2D eigenvalue weighted by atomic mass is 35.5. The van der Waals surface area contributed by atoms with E-state index < -0.39 is 0 Å². The van der Waals surface area contributed by atoms with Gasteiger partial charge in [0.2, 0.25) is 0 Å². The number of hydrogen-bond donors (Lipinski definition) is 1. The van der Waals surface area contributed by atoms with E-state index in [1.807, 2.05) is 24.1 Å². The predicted octanol–water partition coefficient (Wildman–Crippen LogP) is 3.37. The maximum atomic E-state index is 13.1. The highest BCUT2D eigenvalue weighted by Gasteiger charge is 2.12. The average Bonchev–Trinajstić information content (AvgIpc) is 2.85. The molecule has 0 aliphatic heterocycles. The highest BCUT2D eigenvalue weighted by Crippen LogP contribution is 2.20. The lowest BCUT2D eigenvalue weighted by molar-refractivity contribution is 0.490. The zero-order chi connectivity index (χ0) is 15.2. The number of aryl methyl sites for hydroxylation is 2. The molecular weight excluding hydrogens is 289 g/mol. The minimum absolute atomic E-state index is 0.292. The molecule has 0 bridgehead atoms. The number of halogens is 2.